The Morgan fingerprint density at radius 2 is 2.22 bits per heavy atom. The lowest BCUT2D eigenvalue weighted by Crippen LogP contribution is -2.10. The molecule has 2 N–H and O–H groups in total. The van der Waals surface area contributed by atoms with Crippen molar-refractivity contribution in [1.29, 1.82) is 0 Å². The lowest BCUT2D eigenvalue weighted by Gasteiger charge is -2.03. The van der Waals surface area contributed by atoms with Crippen LogP contribution in [0, 0.1) is 3.57 Å². The fourth-order valence-electron chi connectivity index (χ4n) is 1.24. The van der Waals surface area contributed by atoms with Crippen LogP contribution in [0.1, 0.15) is 10.4 Å². The number of carboxylic acids is 1. The second kappa shape index (κ2) is 5.53. The zero-order chi connectivity index (χ0) is 13.1. The second-order valence-electron chi connectivity index (χ2n) is 3.29. The van der Waals surface area contributed by atoms with E-state index in [1.165, 1.54) is 24.2 Å². The zero-order valence-electron chi connectivity index (χ0n) is 8.88. The van der Waals surface area contributed by atoms with E-state index in [0.29, 0.717) is 8.60 Å². The maximum Gasteiger partial charge on any atom is 0.335 e. The third kappa shape index (κ3) is 2.91. The van der Waals surface area contributed by atoms with Gasteiger partial charge in [0.25, 0.3) is 5.56 Å². The minimum absolute atomic E-state index is 0.206. The molecule has 0 radical (unpaired) electrons. The third-order valence-electron chi connectivity index (χ3n) is 2.06. The summed E-state index contributed by atoms with van der Waals surface area (Å²) in [6.07, 6.45) is 1.33. The molecule has 0 bridgehead atoms. The number of benzene rings is 1. The van der Waals surface area contributed by atoms with Crippen LogP contribution in [0.2, 0.25) is 0 Å². The van der Waals surface area contributed by atoms with Crippen molar-refractivity contribution in [1.82, 2.24) is 9.97 Å². The number of halogens is 1. The van der Waals surface area contributed by atoms with Crippen molar-refractivity contribution in [3.8, 4) is 0 Å². The molecular weight excluding hydrogens is 367 g/mol. The highest BCUT2D eigenvalue weighted by atomic mass is 127. The van der Waals surface area contributed by atoms with E-state index in [1.807, 2.05) is 22.6 Å². The number of carbonyl (C=O) groups is 1. The predicted molar refractivity (Wildman–Crippen MR) is 75.1 cm³/mol. The van der Waals surface area contributed by atoms with Gasteiger partial charge in [0.15, 0.2) is 0 Å². The standard InChI is InChI=1S/C11H7IN2O3S/c12-8-9(15)13-5-14-10(8)18-7-3-1-2-6(4-7)11(16)17/h1-5H,(H,16,17)(H,13,14,15). The Kier molecular flexibility index (Phi) is 4.02. The van der Waals surface area contributed by atoms with Crippen molar-refractivity contribution in [2.24, 2.45) is 0 Å². The summed E-state index contributed by atoms with van der Waals surface area (Å²) in [6, 6.07) is 6.50. The van der Waals surface area contributed by atoms with Crippen molar-refractivity contribution >= 4 is 40.3 Å². The van der Waals surface area contributed by atoms with Crippen molar-refractivity contribution in [2.75, 3.05) is 0 Å². The summed E-state index contributed by atoms with van der Waals surface area (Å²) in [5.74, 6) is -0.981. The molecule has 0 atom stereocenters. The molecule has 92 valence electrons. The van der Waals surface area contributed by atoms with E-state index < -0.39 is 5.97 Å². The van der Waals surface area contributed by atoms with E-state index in [0.717, 1.165) is 4.90 Å². The van der Waals surface area contributed by atoms with Gasteiger partial charge in [-0.15, -0.1) is 0 Å². The molecule has 1 aromatic carbocycles. The highest BCUT2D eigenvalue weighted by molar-refractivity contribution is 14.1. The fraction of sp³-hybridized carbons (Fsp3) is 0. The summed E-state index contributed by atoms with van der Waals surface area (Å²) < 4.78 is 0.487. The van der Waals surface area contributed by atoms with E-state index in [4.69, 9.17) is 5.11 Å². The molecule has 0 aliphatic heterocycles. The molecule has 0 aliphatic rings. The Hall–Kier alpha value is -1.35. The monoisotopic (exact) mass is 374 g/mol. The van der Waals surface area contributed by atoms with Crippen LogP contribution in [0.25, 0.3) is 0 Å². The molecule has 0 aliphatic carbocycles. The van der Waals surface area contributed by atoms with Gasteiger partial charge in [-0.1, -0.05) is 17.8 Å². The fourth-order valence-corrected chi connectivity index (χ4v) is 2.71. The number of aromatic amines is 1. The molecule has 0 fully saturated rings. The first kappa shape index (κ1) is 13.1. The Labute approximate surface area is 120 Å². The molecule has 5 nitrogen and oxygen atoms in total. The van der Waals surface area contributed by atoms with Crippen LogP contribution in [0.15, 0.2) is 45.3 Å². The van der Waals surface area contributed by atoms with Crippen LogP contribution >= 0.6 is 34.4 Å². The van der Waals surface area contributed by atoms with Gasteiger partial charge in [0.1, 0.15) is 8.60 Å². The molecule has 2 rings (SSSR count). The van der Waals surface area contributed by atoms with Crippen LogP contribution in [-0.4, -0.2) is 21.0 Å². The maximum absolute atomic E-state index is 11.4. The molecule has 2 aromatic rings. The molecule has 18 heavy (non-hydrogen) atoms. The smallest absolute Gasteiger partial charge is 0.335 e. The average Bonchev–Trinajstić information content (AvgIpc) is 2.35. The quantitative estimate of drug-likeness (QED) is 0.636. The number of nitrogens with one attached hydrogen (secondary N) is 1. The number of H-pyrrole nitrogens is 1. The van der Waals surface area contributed by atoms with Gasteiger partial charge < -0.3 is 10.1 Å². The van der Waals surface area contributed by atoms with E-state index in [-0.39, 0.29) is 11.1 Å². The van der Waals surface area contributed by atoms with Gasteiger partial charge >= 0.3 is 5.97 Å². The minimum atomic E-state index is -0.981. The van der Waals surface area contributed by atoms with E-state index >= 15 is 0 Å². The molecule has 1 heterocycles. The predicted octanol–water partition coefficient (Wildman–Crippen LogP) is 2.22. The van der Waals surface area contributed by atoms with Gasteiger partial charge in [0, 0.05) is 4.90 Å². The first-order valence-corrected chi connectivity index (χ1v) is 6.72. The highest BCUT2D eigenvalue weighted by Gasteiger charge is 2.09. The number of aromatic carboxylic acids is 1. The molecule has 0 saturated heterocycles. The number of carboxylic acid groups (broad SMARTS) is 1. The molecule has 7 heteroatoms. The van der Waals surface area contributed by atoms with Crippen molar-refractivity contribution in [3.63, 3.8) is 0 Å². The van der Waals surface area contributed by atoms with Crippen LogP contribution < -0.4 is 5.56 Å². The van der Waals surface area contributed by atoms with Crippen LogP contribution in [0.3, 0.4) is 0 Å². The first-order chi connectivity index (χ1) is 8.58. The summed E-state index contributed by atoms with van der Waals surface area (Å²) in [5.41, 5.74) is 0.00216. The van der Waals surface area contributed by atoms with Crippen molar-refractivity contribution in [3.05, 3.63) is 50.1 Å². The molecule has 0 amide bonds. The topological polar surface area (TPSA) is 83.0 Å². The van der Waals surface area contributed by atoms with Gasteiger partial charge in [0.2, 0.25) is 0 Å². The zero-order valence-corrected chi connectivity index (χ0v) is 11.9. The molecule has 0 saturated carbocycles. The van der Waals surface area contributed by atoms with Gasteiger partial charge in [-0.25, -0.2) is 9.78 Å². The Balaban J connectivity index is 2.34. The highest BCUT2D eigenvalue weighted by Crippen LogP contribution is 2.28. The van der Waals surface area contributed by atoms with E-state index in [9.17, 15) is 9.59 Å². The minimum Gasteiger partial charge on any atom is -0.478 e. The third-order valence-corrected chi connectivity index (χ3v) is 4.42. The summed E-state index contributed by atoms with van der Waals surface area (Å²) in [5, 5.41) is 9.45. The Morgan fingerprint density at radius 1 is 1.44 bits per heavy atom. The molecule has 1 aromatic heterocycles. The van der Waals surface area contributed by atoms with Crippen LogP contribution in [0.5, 0.6) is 0 Å². The number of hydrogen-bond donors (Lipinski definition) is 2. The van der Waals surface area contributed by atoms with Gasteiger partial charge in [0.05, 0.1) is 11.9 Å². The SMILES string of the molecule is O=C(O)c1cccc(Sc2nc[nH]c(=O)c2I)c1. The Bertz CT molecular complexity index is 657. The lowest BCUT2D eigenvalue weighted by atomic mass is 10.2. The van der Waals surface area contributed by atoms with Crippen LogP contribution in [0.4, 0.5) is 0 Å². The van der Waals surface area contributed by atoms with E-state index in [2.05, 4.69) is 9.97 Å². The van der Waals surface area contributed by atoms with Crippen molar-refractivity contribution < 1.29 is 9.90 Å². The number of hydrogen-bond acceptors (Lipinski definition) is 4. The van der Waals surface area contributed by atoms with Crippen LogP contribution in [-0.2, 0) is 0 Å². The average molecular weight is 374 g/mol. The molecule has 0 spiro atoms. The summed E-state index contributed by atoms with van der Waals surface area (Å²) in [7, 11) is 0. The summed E-state index contributed by atoms with van der Waals surface area (Å²) in [4.78, 5) is 29.5. The maximum atomic E-state index is 11.4. The second-order valence-corrected chi connectivity index (χ2v) is 5.43. The van der Waals surface area contributed by atoms with Gasteiger partial charge in [-0.3, -0.25) is 4.79 Å². The summed E-state index contributed by atoms with van der Waals surface area (Å²) in [6.45, 7) is 0. The normalized spacial score (nSPS) is 10.3. The largest absolute Gasteiger partial charge is 0.478 e. The number of nitrogens with zero attached hydrogens (tertiary/aromatic N) is 1. The lowest BCUT2D eigenvalue weighted by molar-refractivity contribution is 0.0696. The van der Waals surface area contributed by atoms with E-state index in [1.54, 1.807) is 18.2 Å². The number of aromatic nitrogens is 2. The van der Waals surface area contributed by atoms with Crippen molar-refractivity contribution in [2.45, 2.75) is 9.92 Å². The summed E-state index contributed by atoms with van der Waals surface area (Å²) >= 11 is 3.17. The Morgan fingerprint density at radius 3 is 2.94 bits per heavy atom. The first-order valence-electron chi connectivity index (χ1n) is 4.82. The van der Waals surface area contributed by atoms with Gasteiger partial charge in [-0.2, -0.15) is 0 Å². The molecular formula is C11H7IN2O3S. The van der Waals surface area contributed by atoms with Gasteiger partial charge in [-0.05, 0) is 40.8 Å². The molecule has 0 unspecified atom stereocenters. The number of rotatable bonds is 3.